The number of aliphatic hydroxyl groups excluding tert-OH is 1. The van der Waals surface area contributed by atoms with Crippen LogP contribution in [0.4, 0.5) is 0 Å². The summed E-state index contributed by atoms with van der Waals surface area (Å²) in [7, 11) is 0. The fraction of sp³-hybridized carbons (Fsp3) is 0.778. The van der Waals surface area contributed by atoms with Gasteiger partial charge in [0, 0.05) is 5.41 Å². The molecular weight excluding hydrogens is 124 g/mol. The summed E-state index contributed by atoms with van der Waals surface area (Å²) in [4.78, 5) is 0. The van der Waals surface area contributed by atoms with Crippen LogP contribution < -0.4 is 0 Å². The van der Waals surface area contributed by atoms with Crippen molar-refractivity contribution in [1.82, 2.24) is 0 Å². The van der Waals surface area contributed by atoms with Crippen molar-refractivity contribution in [2.45, 2.75) is 31.8 Å². The summed E-state index contributed by atoms with van der Waals surface area (Å²) in [5.74, 6) is 0. The molecule has 0 aliphatic heterocycles. The fourth-order valence-corrected chi connectivity index (χ4v) is 2.29. The first kappa shape index (κ1) is 5.36. The van der Waals surface area contributed by atoms with Gasteiger partial charge in [-0.25, -0.2) is 0 Å². The van der Waals surface area contributed by atoms with Crippen molar-refractivity contribution in [2.24, 2.45) is 10.8 Å². The quantitative estimate of drug-likeness (QED) is 0.500. The van der Waals surface area contributed by atoms with Crippen molar-refractivity contribution in [2.75, 3.05) is 0 Å². The Morgan fingerprint density at radius 3 is 2.30 bits per heavy atom. The second-order valence-corrected chi connectivity index (χ2v) is 4.33. The molecule has 54 valence electrons. The zero-order chi connectivity index (χ0) is 6.82. The van der Waals surface area contributed by atoms with Crippen molar-refractivity contribution >= 4 is 0 Å². The Kier molecular flexibility index (Phi) is 0.646. The molecular formula is C9H12O. The highest BCUT2D eigenvalue weighted by molar-refractivity contribution is 5.30. The Morgan fingerprint density at radius 1 is 1.30 bits per heavy atom. The molecule has 2 spiro atoms. The van der Waals surface area contributed by atoms with Gasteiger partial charge in [-0.05, 0) is 31.1 Å². The smallest absolute Gasteiger partial charge is 0.0641 e. The maximum Gasteiger partial charge on any atom is 0.0641 e. The average molecular weight is 136 g/mol. The zero-order valence-electron chi connectivity index (χ0n) is 6.01. The highest BCUT2D eigenvalue weighted by atomic mass is 16.3. The Labute approximate surface area is 60.7 Å². The first-order valence-corrected chi connectivity index (χ1v) is 4.13. The van der Waals surface area contributed by atoms with Gasteiger partial charge in [-0.15, -0.1) is 0 Å². The van der Waals surface area contributed by atoms with Crippen molar-refractivity contribution < 1.29 is 5.11 Å². The molecule has 0 radical (unpaired) electrons. The molecule has 10 heavy (non-hydrogen) atoms. The molecule has 1 nitrogen and oxygen atoms in total. The van der Waals surface area contributed by atoms with E-state index in [1.807, 2.05) is 0 Å². The van der Waals surface area contributed by atoms with Crippen LogP contribution in [0.2, 0.25) is 0 Å². The molecule has 1 N–H and O–H groups in total. The van der Waals surface area contributed by atoms with E-state index >= 15 is 0 Å². The fourth-order valence-electron chi connectivity index (χ4n) is 2.29. The lowest BCUT2D eigenvalue weighted by Gasteiger charge is -2.06. The third-order valence-electron chi connectivity index (χ3n) is 3.42. The van der Waals surface area contributed by atoms with E-state index in [-0.39, 0.29) is 11.5 Å². The number of rotatable bonds is 0. The van der Waals surface area contributed by atoms with Gasteiger partial charge < -0.3 is 5.11 Å². The first-order chi connectivity index (χ1) is 4.75. The summed E-state index contributed by atoms with van der Waals surface area (Å²) in [6.45, 7) is 0. The van der Waals surface area contributed by atoms with Gasteiger partial charge in [0.2, 0.25) is 0 Å². The Hall–Kier alpha value is -0.300. The maximum absolute atomic E-state index is 9.33. The maximum atomic E-state index is 9.33. The van der Waals surface area contributed by atoms with Crippen LogP contribution in [0.3, 0.4) is 0 Å². The molecule has 3 rings (SSSR count). The Morgan fingerprint density at radius 2 is 2.00 bits per heavy atom. The van der Waals surface area contributed by atoms with Gasteiger partial charge in [0.15, 0.2) is 0 Å². The van der Waals surface area contributed by atoms with Gasteiger partial charge in [-0.3, -0.25) is 0 Å². The van der Waals surface area contributed by atoms with Gasteiger partial charge in [0.25, 0.3) is 0 Å². The number of hydrogen-bond donors (Lipinski definition) is 1. The van der Waals surface area contributed by atoms with E-state index in [1.54, 1.807) is 0 Å². The third-order valence-corrected chi connectivity index (χ3v) is 3.42. The van der Waals surface area contributed by atoms with Crippen LogP contribution in [-0.2, 0) is 0 Å². The topological polar surface area (TPSA) is 20.2 Å². The van der Waals surface area contributed by atoms with Crippen LogP contribution in [0.25, 0.3) is 0 Å². The van der Waals surface area contributed by atoms with Crippen molar-refractivity contribution in [3.05, 3.63) is 12.2 Å². The minimum absolute atomic E-state index is 0.00345. The van der Waals surface area contributed by atoms with E-state index in [0.717, 1.165) is 6.42 Å². The molecule has 3 aliphatic rings. The molecule has 0 aromatic carbocycles. The molecule has 0 aromatic heterocycles. The van der Waals surface area contributed by atoms with Crippen LogP contribution >= 0.6 is 0 Å². The molecule has 3 aliphatic carbocycles. The molecule has 2 saturated carbocycles. The molecule has 2 fully saturated rings. The van der Waals surface area contributed by atoms with Gasteiger partial charge in [-0.1, -0.05) is 12.2 Å². The SMILES string of the molecule is O[C@H]1CC12C=CC1(CC1)C2. The normalized spacial score (nSPS) is 52.7. The predicted octanol–water partition coefficient (Wildman–Crippen LogP) is 1.48. The van der Waals surface area contributed by atoms with E-state index in [1.165, 1.54) is 19.3 Å². The predicted molar refractivity (Wildman–Crippen MR) is 38.5 cm³/mol. The van der Waals surface area contributed by atoms with E-state index in [9.17, 15) is 5.11 Å². The molecule has 2 atom stereocenters. The highest BCUT2D eigenvalue weighted by Gasteiger charge is 2.61. The summed E-state index contributed by atoms with van der Waals surface area (Å²) in [5.41, 5.74) is 0.855. The highest BCUT2D eigenvalue weighted by Crippen LogP contribution is 2.67. The minimum atomic E-state index is 0.00345. The summed E-state index contributed by atoms with van der Waals surface area (Å²) in [6, 6.07) is 0. The van der Waals surface area contributed by atoms with Crippen LogP contribution in [0.15, 0.2) is 12.2 Å². The minimum Gasteiger partial charge on any atom is -0.392 e. The number of allylic oxidation sites excluding steroid dienone is 1. The number of hydrogen-bond acceptors (Lipinski definition) is 1. The van der Waals surface area contributed by atoms with Crippen LogP contribution in [0, 0.1) is 10.8 Å². The van der Waals surface area contributed by atoms with Crippen molar-refractivity contribution in [1.29, 1.82) is 0 Å². The van der Waals surface area contributed by atoms with E-state index < -0.39 is 0 Å². The molecule has 0 heterocycles. The molecule has 1 heteroatoms. The lowest BCUT2D eigenvalue weighted by molar-refractivity contribution is 0.231. The first-order valence-electron chi connectivity index (χ1n) is 4.13. The van der Waals surface area contributed by atoms with Gasteiger partial charge in [-0.2, -0.15) is 0 Å². The molecule has 0 amide bonds. The molecule has 1 unspecified atom stereocenters. The molecule has 0 aromatic rings. The van der Waals surface area contributed by atoms with Crippen LogP contribution in [0.1, 0.15) is 25.7 Å². The van der Waals surface area contributed by atoms with Crippen LogP contribution in [-0.4, -0.2) is 11.2 Å². The van der Waals surface area contributed by atoms with Gasteiger partial charge in [0.1, 0.15) is 0 Å². The van der Waals surface area contributed by atoms with E-state index in [4.69, 9.17) is 0 Å². The summed E-state index contributed by atoms with van der Waals surface area (Å²) < 4.78 is 0. The lowest BCUT2D eigenvalue weighted by atomic mass is 9.99. The largest absolute Gasteiger partial charge is 0.392 e. The molecule has 0 bridgehead atoms. The molecule has 0 saturated heterocycles. The van der Waals surface area contributed by atoms with E-state index in [2.05, 4.69) is 12.2 Å². The standard InChI is InChI=1S/C9H12O/c10-7-5-9(7)4-3-8(6-9)1-2-8/h3-4,7,10H,1-2,5-6H2/t7-,9?/m0/s1. The average Bonchev–Trinajstić information content (AvgIpc) is 2.68. The van der Waals surface area contributed by atoms with Crippen LogP contribution in [0.5, 0.6) is 0 Å². The Bertz CT molecular complexity index is 215. The summed E-state index contributed by atoms with van der Waals surface area (Å²) in [6.07, 6.45) is 9.65. The third kappa shape index (κ3) is 0.485. The summed E-state index contributed by atoms with van der Waals surface area (Å²) >= 11 is 0. The van der Waals surface area contributed by atoms with E-state index in [0.29, 0.717) is 5.41 Å². The lowest BCUT2D eigenvalue weighted by Crippen LogP contribution is -2.02. The van der Waals surface area contributed by atoms with Crippen molar-refractivity contribution in [3.8, 4) is 0 Å². The monoisotopic (exact) mass is 136 g/mol. The second-order valence-electron chi connectivity index (χ2n) is 4.33. The van der Waals surface area contributed by atoms with Crippen molar-refractivity contribution in [3.63, 3.8) is 0 Å². The summed E-state index contributed by atoms with van der Waals surface area (Å²) in [5, 5.41) is 9.33. The zero-order valence-corrected chi connectivity index (χ0v) is 6.01. The van der Waals surface area contributed by atoms with Gasteiger partial charge in [0.05, 0.1) is 6.10 Å². The van der Waals surface area contributed by atoms with Gasteiger partial charge >= 0.3 is 0 Å². The number of aliphatic hydroxyl groups is 1. The second kappa shape index (κ2) is 1.20. The Balaban J connectivity index is 1.90.